The molecule has 1 heterocycles. The largest absolute Gasteiger partial charge is 0.377 e. The van der Waals surface area contributed by atoms with E-state index in [-0.39, 0.29) is 0 Å². The van der Waals surface area contributed by atoms with Crippen molar-refractivity contribution in [1.29, 1.82) is 0 Å². The number of nitrogens with one attached hydrogen (secondary N) is 1. The average Bonchev–Trinajstić information content (AvgIpc) is 2.19. The molecule has 0 aromatic rings. The van der Waals surface area contributed by atoms with E-state index in [1.807, 2.05) is 0 Å². The van der Waals surface area contributed by atoms with Gasteiger partial charge in [0.15, 0.2) is 0 Å². The summed E-state index contributed by atoms with van der Waals surface area (Å²) < 4.78 is 5.69. The van der Waals surface area contributed by atoms with Crippen LogP contribution >= 0.6 is 0 Å². The molecule has 0 spiro atoms. The van der Waals surface area contributed by atoms with Crippen LogP contribution in [-0.2, 0) is 4.74 Å². The highest BCUT2D eigenvalue weighted by Crippen LogP contribution is 2.17. The summed E-state index contributed by atoms with van der Waals surface area (Å²) in [6.07, 6.45) is 10.1. The predicted molar refractivity (Wildman–Crippen MR) is 54.5 cm³/mol. The molecule has 1 aliphatic rings. The molecule has 1 aliphatic heterocycles. The van der Waals surface area contributed by atoms with Crippen LogP contribution in [0.2, 0.25) is 0 Å². The van der Waals surface area contributed by atoms with Gasteiger partial charge in [0.1, 0.15) is 0 Å². The number of terminal acetylenes is 1. The second-order valence-electron chi connectivity index (χ2n) is 3.48. The molecule has 1 N–H and O–H groups in total. The Labute approximate surface area is 81.0 Å². The fourth-order valence-electron chi connectivity index (χ4n) is 1.81. The summed E-state index contributed by atoms with van der Waals surface area (Å²) in [5.41, 5.74) is 0. The number of likely N-dealkylation sites (N-methyl/N-ethyl adjacent to an activating group) is 1. The van der Waals surface area contributed by atoms with E-state index in [0.717, 1.165) is 26.0 Å². The van der Waals surface area contributed by atoms with E-state index in [4.69, 9.17) is 11.2 Å². The average molecular weight is 181 g/mol. The van der Waals surface area contributed by atoms with Gasteiger partial charge in [-0.2, -0.15) is 0 Å². The van der Waals surface area contributed by atoms with Gasteiger partial charge in [0.25, 0.3) is 0 Å². The molecule has 0 saturated carbocycles. The highest BCUT2D eigenvalue weighted by atomic mass is 16.5. The highest BCUT2D eigenvalue weighted by Gasteiger charge is 2.22. The molecule has 1 saturated heterocycles. The van der Waals surface area contributed by atoms with Crippen molar-refractivity contribution in [3.63, 3.8) is 0 Å². The molecule has 0 bridgehead atoms. The quantitative estimate of drug-likeness (QED) is 0.664. The molecule has 74 valence electrons. The lowest BCUT2D eigenvalue weighted by molar-refractivity contribution is -0.00610. The van der Waals surface area contributed by atoms with Crippen molar-refractivity contribution >= 4 is 0 Å². The zero-order chi connectivity index (χ0) is 9.52. The van der Waals surface area contributed by atoms with Crippen molar-refractivity contribution in [2.75, 3.05) is 13.2 Å². The molecule has 0 aliphatic carbocycles. The van der Waals surface area contributed by atoms with E-state index in [1.54, 1.807) is 0 Å². The minimum Gasteiger partial charge on any atom is -0.377 e. The molecule has 2 atom stereocenters. The van der Waals surface area contributed by atoms with Gasteiger partial charge < -0.3 is 10.1 Å². The topological polar surface area (TPSA) is 21.3 Å². The van der Waals surface area contributed by atoms with Crippen molar-refractivity contribution in [2.45, 2.75) is 44.8 Å². The maximum atomic E-state index is 5.69. The summed E-state index contributed by atoms with van der Waals surface area (Å²) in [7, 11) is 0. The van der Waals surface area contributed by atoms with Gasteiger partial charge in [0.2, 0.25) is 0 Å². The zero-order valence-electron chi connectivity index (χ0n) is 8.38. The van der Waals surface area contributed by atoms with Gasteiger partial charge in [-0.1, -0.05) is 6.92 Å². The van der Waals surface area contributed by atoms with Crippen LogP contribution in [0.5, 0.6) is 0 Å². The van der Waals surface area contributed by atoms with Crippen LogP contribution in [0, 0.1) is 12.3 Å². The lowest BCUT2D eigenvalue weighted by Gasteiger charge is -2.29. The van der Waals surface area contributed by atoms with Crippen molar-refractivity contribution in [2.24, 2.45) is 0 Å². The second kappa shape index (κ2) is 6.01. The van der Waals surface area contributed by atoms with Gasteiger partial charge in [-0.05, 0) is 25.8 Å². The highest BCUT2D eigenvalue weighted by molar-refractivity contribution is 4.93. The van der Waals surface area contributed by atoms with Gasteiger partial charge in [-0.15, -0.1) is 12.3 Å². The summed E-state index contributed by atoms with van der Waals surface area (Å²) in [5, 5.41) is 3.39. The SMILES string of the molecule is C#CCC(NCC)C1CCCCO1. The Kier molecular flexibility index (Phi) is 4.88. The molecular formula is C11H19NO. The van der Waals surface area contributed by atoms with Crippen LogP contribution in [-0.4, -0.2) is 25.3 Å². The summed E-state index contributed by atoms with van der Waals surface area (Å²) in [6, 6.07) is 0.357. The van der Waals surface area contributed by atoms with Crippen LogP contribution < -0.4 is 5.32 Å². The van der Waals surface area contributed by atoms with E-state index >= 15 is 0 Å². The van der Waals surface area contributed by atoms with Gasteiger partial charge in [-0.3, -0.25) is 0 Å². The molecule has 13 heavy (non-hydrogen) atoms. The van der Waals surface area contributed by atoms with Crippen molar-refractivity contribution in [1.82, 2.24) is 5.32 Å². The Morgan fingerprint density at radius 1 is 1.62 bits per heavy atom. The van der Waals surface area contributed by atoms with Crippen LogP contribution in [0.25, 0.3) is 0 Å². The standard InChI is InChI=1S/C11H19NO/c1-3-7-10(12-4-2)11-8-5-6-9-13-11/h1,10-12H,4-9H2,2H3. The van der Waals surface area contributed by atoms with Gasteiger partial charge in [0.05, 0.1) is 6.10 Å². The van der Waals surface area contributed by atoms with Crippen LogP contribution in [0.3, 0.4) is 0 Å². The van der Waals surface area contributed by atoms with E-state index in [0.29, 0.717) is 12.1 Å². The molecule has 0 aromatic heterocycles. The lowest BCUT2D eigenvalue weighted by atomic mass is 10.00. The Balaban J connectivity index is 2.37. The van der Waals surface area contributed by atoms with Crippen molar-refractivity contribution in [3.8, 4) is 12.3 Å². The van der Waals surface area contributed by atoms with E-state index in [2.05, 4.69) is 18.2 Å². The molecule has 1 fully saturated rings. The number of hydrogen-bond donors (Lipinski definition) is 1. The van der Waals surface area contributed by atoms with Crippen LogP contribution in [0.1, 0.15) is 32.6 Å². The first kappa shape index (κ1) is 10.6. The molecular weight excluding hydrogens is 162 g/mol. The van der Waals surface area contributed by atoms with Crippen molar-refractivity contribution in [3.05, 3.63) is 0 Å². The number of rotatable bonds is 4. The predicted octanol–water partition coefficient (Wildman–Crippen LogP) is 1.56. The fraction of sp³-hybridized carbons (Fsp3) is 0.818. The van der Waals surface area contributed by atoms with Gasteiger partial charge in [0, 0.05) is 19.1 Å². The Morgan fingerprint density at radius 3 is 3.00 bits per heavy atom. The van der Waals surface area contributed by atoms with E-state index in [1.165, 1.54) is 12.8 Å². The van der Waals surface area contributed by atoms with Gasteiger partial charge in [-0.25, -0.2) is 0 Å². The number of hydrogen-bond acceptors (Lipinski definition) is 2. The third-order valence-electron chi connectivity index (χ3n) is 2.47. The molecule has 0 amide bonds. The summed E-state index contributed by atoms with van der Waals surface area (Å²) >= 11 is 0. The molecule has 2 heteroatoms. The molecule has 0 radical (unpaired) electrons. The lowest BCUT2D eigenvalue weighted by Crippen LogP contribution is -2.42. The Morgan fingerprint density at radius 2 is 2.46 bits per heavy atom. The molecule has 2 unspecified atom stereocenters. The summed E-state index contributed by atoms with van der Waals surface area (Å²) in [6.45, 7) is 3.97. The van der Waals surface area contributed by atoms with Crippen LogP contribution in [0.15, 0.2) is 0 Å². The third-order valence-corrected chi connectivity index (χ3v) is 2.47. The molecule has 1 rings (SSSR count). The van der Waals surface area contributed by atoms with Crippen molar-refractivity contribution < 1.29 is 4.74 Å². The monoisotopic (exact) mass is 181 g/mol. The summed E-state index contributed by atoms with van der Waals surface area (Å²) in [5.74, 6) is 2.71. The maximum absolute atomic E-state index is 5.69. The van der Waals surface area contributed by atoms with E-state index < -0.39 is 0 Å². The van der Waals surface area contributed by atoms with E-state index in [9.17, 15) is 0 Å². The maximum Gasteiger partial charge on any atom is 0.0737 e. The first-order chi connectivity index (χ1) is 6.38. The summed E-state index contributed by atoms with van der Waals surface area (Å²) in [4.78, 5) is 0. The van der Waals surface area contributed by atoms with Gasteiger partial charge >= 0.3 is 0 Å². The molecule has 2 nitrogen and oxygen atoms in total. The Bertz CT molecular complexity index is 167. The minimum absolute atomic E-state index is 0.338. The minimum atomic E-state index is 0.338. The molecule has 0 aromatic carbocycles. The third kappa shape index (κ3) is 3.38. The fourth-order valence-corrected chi connectivity index (χ4v) is 1.81. The first-order valence-electron chi connectivity index (χ1n) is 5.17. The van der Waals surface area contributed by atoms with Crippen LogP contribution in [0.4, 0.5) is 0 Å². The second-order valence-corrected chi connectivity index (χ2v) is 3.48. The smallest absolute Gasteiger partial charge is 0.0737 e. The normalized spacial score (nSPS) is 25.1. The first-order valence-corrected chi connectivity index (χ1v) is 5.17. The number of ether oxygens (including phenoxy) is 1. The zero-order valence-corrected chi connectivity index (χ0v) is 8.38. The Hall–Kier alpha value is -0.520.